The van der Waals surface area contributed by atoms with Gasteiger partial charge in [-0.2, -0.15) is 0 Å². The summed E-state index contributed by atoms with van der Waals surface area (Å²) in [5.41, 5.74) is 0.262. The van der Waals surface area contributed by atoms with Gasteiger partial charge in [0.1, 0.15) is 0 Å². The van der Waals surface area contributed by atoms with Crippen LogP contribution < -0.4 is 5.32 Å². The van der Waals surface area contributed by atoms with Crippen LogP contribution in [0.5, 0.6) is 0 Å². The minimum atomic E-state index is 0.262. The smallest absolute Gasteiger partial charge is 0.0557 e. The molecule has 0 aromatic rings. The van der Waals surface area contributed by atoms with Gasteiger partial charge in [0.2, 0.25) is 0 Å². The number of ether oxygens (including phenoxy) is 2. The Hall–Kier alpha value is -0.120. The molecule has 82 valence electrons. The highest BCUT2D eigenvalue weighted by Gasteiger charge is 2.36. The molecule has 1 saturated carbocycles. The van der Waals surface area contributed by atoms with Crippen molar-refractivity contribution < 1.29 is 9.47 Å². The molecule has 3 nitrogen and oxygen atoms in total. The highest BCUT2D eigenvalue weighted by atomic mass is 16.5. The third kappa shape index (κ3) is 2.69. The van der Waals surface area contributed by atoms with Crippen molar-refractivity contribution >= 4 is 0 Å². The Morgan fingerprint density at radius 2 is 2.36 bits per heavy atom. The van der Waals surface area contributed by atoms with E-state index in [1.54, 1.807) is 0 Å². The predicted octanol–water partition coefficient (Wildman–Crippen LogP) is 1.18. The lowest BCUT2D eigenvalue weighted by Gasteiger charge is -2.27. The zero-order valence-electron chi connectivity index (χ0n) is 9.05. The van der Waals surface area contributed by atoms with E-state index in [1.807, 2.05) is 0 Å². The largest absolute Gasteiger partial charge is 0.381 e. The molecule has 1 aliphatic carbocycles. The molecule has 0 aromatic heterocycles. The summed E-state index contributed by atoms with van der Waals surface area (Å²) in [7, 11) is 0. The van der Waals surface area contributed by atoms with Crippen molar-refractivity contribution in [3.8, 4) is 0 Å². The Balaban J connectivity index is 1.77. The fraction of sp³-hybridized carbons (Fsp3) is 1.00. The second-order valence-electron chi connectivity index (χ2n) is 4.59. The van der Waals surface area contributed by atoms with Gasteiger partial charge in [-0.05, 0) is 26.2 Å². The predicted molar refractivity (Wildman–Crippen MR) is 55.4 cm³/mol. The van der Waals surface area contributed by atoms with Crippen LogP contribution in [0.4, 0.5) is 0 Å². The SMILES string of the molecule is CCOCC1(CNC2CC2)CCOC1. The number of nitrogens with one attached hydrogen (secondary N) is 1. The molecule has 0 spiro atoms. The minimum Gasteiger partial charge on any atom is -0.381 e. The first-order valence-electron chi connectivity index (χ1n) is 5.73. The van der Waals surface area contributed by atoms with E-state index in [0.29, 0.717) is 0 Å². The third-order valence-corrected chi connectivity index (χ3v) is 3.14. The first-order chi connectivity index (χ1) is 6.85. The van der Waals surface area contributed by atoms with Gasteiger partial charge in [-0.3, -0.25) is 0 Å². The highest BCUT2D eigenvalue weighted by Crippen LogP contribution is 2.30. The summed E-state index contributed by atoms with van der Waals surface area (Å²) in [5.74, 6) is 0. The molecule has 1 aliphatic heterocycles. The zero-order valence-corrected chi connectivity index (χ0v) is 9.05. The lowest BCUT2D eigenvalue weighted by Crippen LogP contribution is -2.39. The molecular formula is C11H21NO2. The maximum absolute atomic E-state index is 5.55. The van der Waals surface area contributed by atoms with Gasteiger partial charge in [0.25, 0.3) is 0 Å². The second kappa shape index (κ2) is 4.60. The van der Waals surface area contributed by atoms with E-state index in [4.69, 9.17) is 9.47 Å². The lowest BCUT2D eigenvalue weighted by atomic mass is 9.88. The maximum atomic E-state index is 5.55. The molecule has 0 aromatic carbocycles. The van der Waals surface area contributed by atoms with Gasteiger partial charge in [-0.15, -0.1) is 0 Å². The van der Waals surface area contributed by atoms with Crippen LogP contribution in [0.1, 0.15) is 26.2 Å². The van der Waals surface area contributed by atoms with Crippen molar-refractivity contribution in [2.24, 2.45) is 5.41 Å². The van der Waals surface area contributed by atoms with Gasteiger partial charge >= 0.3 is 0 Å². The number of rotatable bonds is 6. The molecule has 2 fully saturated rings. The molecule has 1 saturated heterocycles. The quantitative estimate of drug-likeness (QED) is 0.697. The second-order valence-corrected chi connectivity index (χ2v) is 4.59. The third-order valence-electron chi connectivity index (χ3n) is 3.14. The van der Waals surface area contributed by atoms with Crippen molar-refractivity contribution in [3.05, 3.63) is 0 Å². The highest BCUT2D eigenvalue weighted by molar-refractivity contribution is 4.89. The van der Waals surface area contributed by atoms with Gasteiger partial charge < -0.3 is 14.8 Å². The summed E-state index contributed by atoms with van der Waals surface area (Å²) in [6.07, 6.45) is 3.85. The van der Waals surface area contributed by atoms with Gasteiger partial charge in [-0.1, -0.05) is 0 Å². The van der Waals surface area contributed by atoms with Gasteiger partial charge in [-0.25, -0.2) is 0 Å². The van der Waals surface area contributed by atoms with E-state index >= 15 is 0 Å². The van der Waals surface area contributed by atoms with Crippen molar-refractivity contribution in [1.82, 2.24) is 5.32 Å². The van der Waals surface area contributed by atoms with E-state index in [-0.39, 0.29) is 5.41 Å². The Morgan fingerprint density at radius 1 is 1.50 bits per heavy atom. The summed E-state index contributed by atoms with van der Waals surface area (Å²) in [6, 6.07) is 0.786. The Labute approximate surface area is 86.2 Å². The van der Waals surface area contributed by atoms with Gasteiger partial charge in [0, 0.05) is 31.2 Å². The Morgan fingerprint density at radius 3 is 2.93 bits per heavy atom. The molecule has 1 unspecified atom stereocenters. The monoisotopic (exact) mass is 199 g/mol. The molecule has 1 N–H and O–H groups in total. The van der Waals surface area contributed by atoms with E-state index in [1.165, 1.54) is 12.8 Å². The lowest BCUT2D eigenvalue weighted by molar-refractivity contribution is 0.0397. The fourth-order valence-electron chi connectivity index (χ4n) is 1.92. The topological polar surface area (TPSA) is 30.5 Å². The van der Waals surface area contributed by atoms with E-state index in [2.05, 4.69) is 12.2 Å². The van der Waals surface area contributed by atoms with Gasteiger partial charge in [0.05, 0.1) is 13.2 Å². The molecule has 1 atom stereocenters. The Bertz CT molecular complexity index is 174. The summed E-state index contributed by atoms with van der Waals surface area (Å²) in [5, 5.41) is 3.59. The van der Waals surface area contributed by atoms with Gasteiger partial charge in [0.15, 0.2) is 0 Å². The fourth-order valence-corrected chi connectivity index (χ4v) is 1.92. The number of hydrogen-bond acceptors (Lipinski definition) is 3. The van der Waals surface area contributed by atoms with Crippen LogP contribution >= 0.6 is 0 Å². The summed E-state index contributed by atoms with van der Waals surface area (Å²) >= 11 is 0. The Kier molecular flexibility index (Phi) is 3.42. The molecule has 14 heavy (non-hydrogen) atoms. The zero-order chi connectivity index (χ0) is 9.86. The summed E-state index contributed by atoms with van der Waals surface area (Å²) in [6.45, 7) is 6.55. The van der Waals surface area contributed by atoms with Crippen LogP contribution in [0, 0.1) is 5.41 Å². The summed E-state index contributed by atoms with van der Waals surface area (Å²) in [4.78, 5) is 0. The molecule has 2 aliphatic rings. The maximum Gasteiger partial charge on any atom is 0.0557 e. The van der Waals surface area contributed by atoms with Crippen LogP contribution in [-0.4, -0.2) is 39.0 Å². The molecule has 1 heterocycles. The average Bonchev–Trinajstić information content (AvgIpc) is 2.93. The van der Waals surface area contributed by atoms with Crippen molar-refractivity contribution in [2.75, 3.05) is 33.0 Å². The van der Waals surface area contributed by atoms with E-state index < -0.39 is 0 Å². The van der Waals surface area contributed by atoms with Crippen LogP contribution in [0.2, 0.25) is 0 Å². The average molecular weight is 199 g/mol. The summed E-state index contributed by atoms with van der Waals surface area (Å²) < 4.78 is 11.0. The first-order valence-corrected chi connectivity index (χ1v) is 5.73. The van der Waals surface area contributed by atoms with Crippen LogP contribution in [0.15, 0.2) is 0 Å². The van der Waals surface area contributed by atoms with Crippen molar-refractivity contribution in [2.45, 2.75) is 32.2 Å². The van der Waals surface area contributed by atoms with Crippen molar-refractivity contribution in [3.63, 3.8) is 0 Å². The van der Waals surface area contributed by atoms with Crippen molar-refractivity contribution in [1.29, 1.82) is 0 Å². The molecule has 3 heteroatoms. The molecule has 2 rings (SSSR count). The van der Waals surface area contributed by atoms with Crippen LogP contribution in [0.25, 0.3) is 0 Å². The normalized spacial score (nSPS) is 32.4. The van der Waals surface area contributed by atoms with Crippen LogP contribution in [-0.2, 0) is 9.47 Å². The molecular weight excluding hydrogens is 178 g/mol. The standard InChI is InChI=1S/C11H21NO2/c1-2-13-8-11(5-6-14-9-11)7-12-10-3-4-10/h10,12H,2-9H2,1H3. The van der Waals surface area contributed by atoms with E-state index in [9.17, 15) is 0 Å². The molecule has 0 bridgehead atoms. The first kappa shape index (κ1) is 10.4. The minimum absolute atomic E-state index is 0.262. The van der Waals surface area contributed by atoms with Crippen LogP contribution in [0.3, 0.4) is 0 Å². The molecule has 0 amide bonds. The van der Waals surface area contributed by atoms with E-state index in [0.717, 1.165) is 45.4 Å². The molecule has 0 radical (unpaired) electrons. The number of hydrogen-bond donors (Lipinski definition) is 1.